The van der Waals surface area contributed by atoms with Gasteiger partial charge in [-0.3, -0.25) is 9.59 Å². The van der Waals surface area contributed by atoms with E-state index >= 15 is 0 Å². The molecule has 0 atom stereocenters. The van der Waals surface area contributed by atoms with Crippen molar-refractivity contribution in [3.63, 3.8) is 0 Å². The maximum absolute atomic E-state index is 12.2. The summed E-state index contributed by atoms with van der Waals surface area (Å²) < 4.78 is 10.7. The van der Waals surface area contributed by atoms with Crippen molar-refractivity contribution in [2.24, 2.45) is 5.92 Å². The van der Waals surface area contributed by atoms with Crippen molar-refractivity contribution in [2.75, 3.05) is 33.9 Å². The van der Waals surface area contributed by atoms with Crippen molar-refractivity contribution in [1.29, 1.82) is 0 Å². The van der Waals surface area contributed by atoms with Crippen LogP contribution >= 0.6 is 0 Å². The highest BCUT2D eigenvalue weighted by Crippen LogP contribution is 2.26. The number of piperidine rings is 1. The number of amides is 2. The molecule has 0 spiro atoms. The quantitative estimate of drug-likeness (QED) is 0.883. The van der Waals surface area contributed by atoms with Gasteiger partial charge in [-0.2, -0.15) is 0 Å². The monoisotopic (exact) mass is 306 g/mol. The predicted molar refractivity (Wildman–Crippen MR) is 81.9 cm³/mol. The first-order chi connectivity index (χ1) is 10.7. The van der Waals surface area contributed by atoms with E-state index in [1.807, 2.05) is 12.1 Å². The van der Waals surface area contributed by atoms with Crippen molar-refractivity contribution in [2.45, 2.75) is 12.8 Å². The van der Waals surface area contributed by atoms with Crippen molar-refractivity contribution in [1.82, 2.24) is 10.2 Å². The van der Waals surface area contributed by atoms with Gasteiger partial charge in [0, 0.05) is 26.1 Å². The van der Waals surface area contributed by atoms with Crippen LogP contribution in [0.5, 0.6) is 11.5 Å². The Balaban J connectivity index is 1.82. The van der Waals surface area contributed by atoms with Gasteiger partial charge in [0.1, 0.15) is 0 Å². The Kier molecular flexibility index (Phi) is 5.63. The summed E-state index contributed by atoms with van der Waals surface area (Å²) in [7, 11) is 3.20. The summed E-state index contributed by atoms with van der Waals surface area (Å²) in [5.41, 5.74) is 0. The van der Waals surface area contributed by atoms with Crippen LogP contribution in [0.2, 0.25) is 0 Å². The second-order valence-electron chi connectivity index (χ2n) is 5.21. The Morgan fingerprint density at radius 3 is 2.45 bits per heavy atom. The molecule has 1 aliphatic heterocycles. The molecule has 1 aromatic carbocycles. The smallest absolute Gasteiger partial charge is 0.260 e. The molecule has 22 heavy (non-hydrogen) atoms. The molecule has 2 amide bonds. The summed E-state index contributed by atoms with van der Waals surface area (Å²) in [6.45, 7) is 1.16. The highest BCUT2D eigenvalue weighted by molar-refractivity contribution is 5.80. The molecule has 0 aliphatic carbocycles. The Morgan fingerprint density at radius 2 is 1.86 bits per heavy atom. The Morgan fingerprint density at radius 1 is 1.23 bits per heavy atom. The molecule has 2 rings (SSSR count). The zero-order valence-electron chi connectivity index (χ0n) is 13.0. The molecule has 1 fully saturated rings. The van der Waals surface area contributed by atoms with Gasteiger partial charge in [0.15, 0.2) is 18.1 Å². The summed E-state index contributed by atoms with van der Waals surface area (Å²) >= 11 is 0. The van der Waals surface area contributed by atoms with Crippen LogP contribution in [0.15, 0.2) is 24.3 Å². The summed E-state index contributed by atoms with van der Waals surface area (Å²) in [4.78, 5) is 25.5. The molecule has 1 aromatic rings. The van der Waals surface area contributed by atoms with Gasteiger partial charge in [-0.1, -0.05) is 12.1 Å². The number of para-hydroxylation sites is 2. The third-order valence-corrected chi connectivity index (χ3v) is 3.89. The van der Waals surface area contributed by atoms with Gasteiger partial charge in [-0.25, -0.2) is 0 Å². The number of benzene rings is 1. The predicted octanol–water partition coefficient (Wildman–Crippen LogP) is 1.06. The van der Waals surface area contributed by atoms with Crippen LogP contribution < -0.4 is 14.8 Å². The molecule has 0 unspecified atom stereocenters. The van der Waals surface area contributed by atoms with Crippen LogP contribution in [0.4, 0.5) is 0 Å². The molecule has 0 aromatic heterocycles. The molecule has 1 heterocycles. The average molecular weight is 306 g/mol. The number of rotatable bonds is 5. The highest BCUT2D eigenvalue weighted by atomic mass is 16.5. The second kappa shape index (κ2) is 7.68. The number of nitrogens with one attached hydrogen (secondary N) is 1. The summed E-state index contributed by atoms with van der Waals surface area (Å²) in [5, 5.41) is 2.66. The Labute approximate surface area is 130 Å². The normalized spacial score (nSPS) is 15.3. The minimum Gasteiger partial charge on any atom is -0.493 e. The van der Waals surface area contributed by atoms with E-state index in [2.05, 4.69) is 5.32 Å². The van der Waals surface area contributed by atoms with E-state index in [-0.39, 0.29) is 24.3 Å². The van der Waals surface area contributed by atoms with Crippen molar-refractivity contribution < 1.29 is 19.1 Å². The third kappa shape index (κ3) is 3.90. The lowest BCUT2D eigenvalue weighted by Crippen LogP contribution is -2.44. The van der Waals surface area contributed by atoms with Gasteiger partial charge < -0.3 is 19.7 Å². The fraction of sp³-hybridized carbons (Fsp3) is 0.500. The van der Waals surface area contributed by atoms with E-state index in [4.69, 9.17) is 9.47 Å². The number of carbonyl (C=O) groups excluding carboxylic acids is 2. The lowest BCUT2D eigenvalue weighted by Gasteiger charge is -2.31. The topological polar surface area (TPSA) is 67.9 Å². The van der Waals surface area contributed by atoms with Gasteiger partial charge >= 0.3 is 0 Å². The van der Waals surface area contributed by atoms with Crippen LogP contribution in [0, 0.1) is 5.92 Å². The molecule has 120 valence electrons. The van der Waals surface area contributed by atoms with E-state index in [1.54, 1.807) is 31.2 Å². The van der Waals surface area contributed by atoms with Crippen LogP contribution in [-0.2, 0) is 9.59 Å². The fourth-order valence-corrected chi connectivity index (χ4v) is 2.56. The third-order valence-electron chi connectivity index (χ3n) is 3.89. The number of hydrogen-bond donors (Lipinski definition) is 1. The molecule has 0 saturated carbocycles. The second-order valence-corrected chi connectivity index (χ2v) is 5.21. The first kappa shape index (κ1) is 16.1. The zero-order chi connectivity index (χ0) is 15.9. The highest BCUT2D eigenvalue weighted by Gasteiger charge is 2.26. The summed E-state index contributed by atoms with van der Waals surface area (Å²) in [5.74, 6) is 1.15. The number of likely N-dealkylation sites (tertiary alicyclic amines) is 1. The molecular formula is C16H22N2O4. The minimum absolute atomic E-state index is 0.00388. The molecule has 0 radical (unpaired) electrons. The van der Waals surface area contributed by atoms with Gasteiger partial charge in [-0.05, 0) is 25.0 Å². The number of nitrogens with zero attached hydrogens (tertiary/aromatic N) is 1. The first-order valence-electron chi connectivity index (χ1n) is 7.41. The van der Waals surface area contributed by atoms with E-state index in [0.717, 1.165) is 0 Å². The Hall–Kier alpha value is -2.24. The number of ether oxygens (including phenoxy) is 2. The van der Waals surface area contributed by atoms with Gasteiger partial charge in [0.25, 0.3) is 5.91 Å². The van der Waals surface area contributed by atoms with E-state index in [9.17, 15) is 9.59 Å². The Bertz CT molecular complexity index is 525. The molecule has 6 heteroatoms. The van der Waals surface area contributed by atoms with E-state index < -0.39 is 0 Å². The maximum Gasteiger partial charge on any atom is 0.260 e. The molecule has 1 aliphatic rings. The SMILES string of the molecule is CNC(=O)C1CCN(C(=O)COc2ccccc2OC)CC1. The number of carbonyl (C=O) groups is 2. The average Bonchev–Trinajstić information content (AvgIpc) is 2.59. The first-order valence-corrected chi connectivity index (χ1v) is 7.41. The molecule has 6 nitrogen and oxygen atoms in total. The van der Waals surface area contributed by atoms with Crippen LogP contribution in [0.25, 0.3) is 0 Å². The van der Waals surface area contributed by atoms with Crippen LogP contribution in [0.3, 0.4) is 0 Å². The van der Waals surface area contributed by atoms with Crippen molar-refractivity contribution in [3.05, 3.63) is 24.3 Å². The summed E-state index contributed by atoms with van der Waals surface area (Å²) in [6, 6.07) is 7.23. The fourth-order valence-electron chi connectivity index (χ4n) is 2.56. The molecule has 0 bridgehead atoms. The van der Waals surface area contributed by atoms with Gasteiger partial charge in [0.05, 0.1) is 7.11 Å². The van der Waals surface area contributed by atoms with Crippen molar-refractivity contribution in [3.8, 4) is 11.5 Å². The van der Waals surface area contributed by atoms with E-state index in [0.29, 0.717) is 37.4 Å². The zero-order valence-corrected chi connectivity index (χ0v) is 13.0. The van der Waals surface area contributed by atoms with Gasteiger partial charge in [0.2, 0.25) is 5.91 Å². The standard InChI is InChI=1S/C16H22N2O4/c1-17-16(20)12-7-9-18(10-8-12)15(19)11-22-14-6-4-3-5-13(14)21-2/h3-6,12H,7-11H2,1-2H3,(H,17,20). The molecular weight excluding hydrogens is 284 g/mol. The largest absolute Gasteiger partial charge is 0.493 e. The lowest BCUT2D eigenvalue weighted by atomic mass is 9.96. The van der Waals surface area contributed by atoms with Gasteiger partial charge in [-0.15, -0.1) is 0 Å². The molecule has 1 N–H and O–H groups in total. The lowest BCUT2D eigenvalue weighted by molar-refractivity contribution is -0.137. The van der Waals surface area contributed by atoms with Crippen LogP contribution in [0.1, 0.15) is 12.8 Å². The maximum atomic E-state index is 12.2. The molecule has 1 saturated heterocycles. The van der Waals surface area contributed by atoms with Crippen molar-refractivity contribution >= 4 is 11.8 Å². The minimum atomic E-state index is -0.0683. The number of hydrogen-bond acceptors (Lipinski definition) is 4. The summed E-state index contributed by atoms with van der Waals surface area (Å²) in [6.07, 6.45) is 1.39. The number of methoxy groups -OCH3 is 1. The van der Waals surface area contributed by atoms with E-state index in [1.165, 1.54) is 0 Å². The van der Waals surface area contributed by atoms with Crippen LogP contribution in [-0.4, -0.2) is 50.6 Å².